The number of likely N-dealkylation sites (N-methyl/N-ethyl adjacent to an activating group) is 1. The van der Waals surface area contributed by atoms with Gasteiger partial charge in [0.15, 0.2) is 5.82 Å². The van der Waals surface area contributed by atoms with Gasteiger partial charge in [0.05, 0.1) is 11.4 Å². The van der Waals surface area contributed by atoms with Gasteiger partial charge in [-0.2, -0.15) is 5.10 Å². The molecule has 1 aromatic heterocycles. The maximum Gasteiger partial charge on any atom is 0.152 e. The lowest BCUT2D eigenvalue weighted by molar-refractivity contribution is 0.613. The van der Waals surface area contributed by atoms with Crippen molar-refractivity contribution in [3.8, 4) is 0 Å². The number of nitrogens with one attached hydrogen (secondary N) is 1. The third-order valence-corrected chi connectivity index (χ3v) is 2.56. The maximum atomic E-state index is 4.54. The van der Waals surface area contributed by atoms with Crippen molar-refractivity contribution in [3.63, 3.8) is 0 Å². The second-order valence-corrected chi connectivity index (χ2v) is 3.68. The fraction of sp³-hybridized carbons (Fsp3) is 0.700. The first-order chi connectivity index (χ1) is 6.90. The van der Waals surface area contributed by atoms with Crippen LogP contribution in [0.25, 0.3) is 0 Å². The van der Waals surface area contributed by atoms with E-state index < -0.39 is 0 Å². The van der Waals surface area contributed by atoms with Crippen molar-refractivity contribution >= 4 is 0 Å². The molecule has 0 saturated carbocycles. The molecule has 0 unspecified atom stereocenters. The Morgan fingerprint density at radius 3 is 2.71 bits per heavy atom. The summed E-state index contributed by atoms with van der Waals surface area (Å²) in [4.78, 5) is 4.54. The summed E-state index contributed by atoms with van der Waals surface area (Å²) in [5, 5.41) is 11.4. The zero-order valence-corrected chi connectivity index (χ0v) is 8.58. The lowest BCUT2D eigenvalue weighted by Gasteiger charge is -2.12. The summed E-state index contributed by atoms with van der Waals surface area (Å²) < 4.78 is 0. The Hall–Kier alpha value is -1.03. The smallest absolute Gasteiger partial charge is 0.152 e. The van der Waals surface area contributed by atoms with Gasteiger partial charge in [0.2, 0.25) is 0 Å². The Labute approximate surface area is 84.2 Å². The van der Waals surface area contributed by atoms with Crippen LogP contribution in [0.4, 0.5) is 0 Å². The van der Waals surface area contributed by atoms with E-state index in [1.54, 1.807) is 0 Å². The van der Waals surface area contributed by atoms with E-state index in [1.807, 2.05) is 7.05 Å². The van der Waals surface area contributed by atoms with Crippen molar-refractivity contribution in [1.82, 2.24) is 20.5 Å². The van der Waals surface area contributed by atoms with Crippen LogP contribution in [-0.4, -0.2) is 28.8 Å². The van der Waals surface area contributed by atoms with Crippen molar-refractivity contribution < 1.29 is 0 Å². The second kappa shape index (κ2) is 4.46. The number of aryl methyl sites for hydroxylation is 2. The van der Waals surface area contributed by atoms with Gasteiger partial charge < -0.3 is 5.32 Å². The quantitative estimate of drug-likeness (QED) is 0.758. The van der Waals surface area contributed by atoms with Gasteiger partial charge in [-0.15, -0.1) is 5.10 Å². The molecule has 76 valence electrons. The lowest BCUT2D eigenvalue weighted by atomic mass is 10.0. The molecule has 0 radical (unpaired) electrons. The normalized spacial score (nSPS) is 15.2. The largest absolute Gasteiger partial charge is 0.319 e. The third kappa shape index (κ3) is 2.07. The third-order valence-electron chi connectivity index (χ3n) is 2.56. The Kier molecular flexibility index (Phi) is 3.03. The zero-order valence-electron chi connectivity index (χ0n) is 8.58. The average molecular weight is 192 g/mol. The van der Waals surface area contributed by atoms with E-state index in [2.05, 4.69) is 20.5 Å². The molecule has 1 aliphatic carbocycles. The van der Waals surface area contributed by atoms with E-state index in [0.29, 0.717) is 0 Å². The number of aromatic nitrogens is 3. The summed E-state index contributed by atoms with van der Waals surface area (Å²) in [5.41, 5.74) is 2.29. The minimum atomic E-state index is 0.872. The molecule has 1 heterocycles. The van der Waals surface area contributed by atoms with Crippen LogP contribution in [-0.2, 0) is 19.3 Å². The Morgan fingerprint density at radius 1 is 1.14 bits per heavy atom. The molecule has 0 fully saturated rings. The monoisotopic (exact) mass is 192 g/mol. The predicted molar refractivity (Wildman–Crippen MR) is 54.1 cm³/mol. The highest BCUT2D eigenvalue weighted by atomic mass is 15.2. The SMILES string of the molecule is CNCCc1nnc2c(n1)CCCC2. The summed E-state index contributed by atoms with van der Waals surface area (Å²) in [6, 6.07) is 0. The number of fused-ring (bicyclic) bond motifs is 1. The maximum absolute atomic E-state index is 4.54. The van der Waals surface area contributed by atoms with E-state index in [9.17, 15) is 0 Å². The van der Waals surface area contributed by atoms with Crippen molar-refractivity contribution in [1.29, 1.82) is 0 Å². The van der Waals surface area contributed by atoms with Crippen LogP contribution in [0, 0.1) is 0 Å². The Balaban J connectivity index is 2.12. The fourth-order valence-electron chi connectivity index (χ4n) is 1.74. The minimum Gasteiger partial charge on any atom is -0.319 e. The summed E-state index contributed by atoms with van der Waals surface area (Å²) in [6.45, 7) is 0.917. The van der Waals surface area contributed by atoms with Crippen LogP contribution >= 0.6 is 0 Å². The van der Waals surface area contributed by atoms with Crippen LogP contribution in [0.15, 0.2) is 0 Å². The van der Waals surface area contributed by atoms with Crippen LogP contribution < -0.4 is 5.32 Å². The van der Waals surface area contributed by atoms with Gasteiger partial charge in [-0.3, -0.25) is 0 Å². The zero-order chi connectivity index (χ0) is 9.80. The molecule has 0 aliphatic heterocycles. The lowest BCUT2D eigenvalue weighted by Crippen LogP contribution is -2.16. The predicted octanol–water partition coefficient (Wildman–Crippen LogP) is 0.512. The van der Waals surface area contributed by atoms with E-state index >= 15 is 0 Å². The topological polar surface area (TPSA) is 50.7 Å². The highest BCUT2D eigenvalue weighted by molar-refractivity contribution is 5.13. The molecule has 0 saturated heterocycles. The fourth-order valence-corrected chi connectivity index (χ4v) is 1.74. The molecular weight excluding hydrogens is 176 g/mol. The van der Waals surface area contributed by atoms with Gasteiger partial charge >= 0.3 is 0 Å². The molecule has 14 heavy (non-hydrogen) atoms. The summed E-state index contributed by atoms with van der Waals surface area (Å²) >= 11 is 0. The molecule has 2 rings (SSSR count). The van der Waals surface area contributed by atoms with E-state index in [-0.39, 0.29) is 0 Å². The number of hydrogen-bond donors (Lipinski definition) is 1. The second-order valence-electron chi connectivity index (χ2n) is 3.68. The molecule has 1 N–H and O–H groups in total. The van der Waals surface area contributed by atoms with E-state index in [1.165, 1.54) is 18.5 Å². The van der Waals surface area contributed by atoms with Crippen LogP contribution in [0.5, 0.6) is 0 Å². The molecule has 1 aliphatic rings. The van der Waals surface area contributed by atoms with Gasteiger partial charge in [-0.25, -0.2) is 4.98 Å². The summed E-state index contributed by atoms with van der Waals surface area (Å²) in [5.74, 6) is 0.875. The molecule has 0 amide bonds. The van der Waals surface area contributed by atoms with Crippen LogP contribution in [0.2, 0.25) is 0 Å². The van der Waals surface area contributed by atoms with Crippen molar-refractivity contribution in [2.75, 3.05) is 13.6 Å². The van der Waals surface area contributed by atoms with Gasteiger partial charge in [0.25, 0.3) is 0 Å². The Morgan fingerprint density at radius 2 is 1.93 bits per heavy atom. The first-order valence-electron chi connectivity index (χ1n) is 5.26. The standard InChI is InChI=1S/C10H16N4/c1-11-7-6-10-12-8-4-2-3-5-9(8)13-14-10/h11H,2-7H2,1H3. The molecule has 4 nitrogen and oxygen atoms in total. The molecule has 0 spiro atoms. The van der Waals surface area contributed by atoms with Gasteiger partial charge in [0.1, 0.15) is 0 Å². The number of nitrogens with zero attached hydrogens (tertiary/aromatic N) is 3. The van der Waals surface area contributed by atoms with Gasteiger partial charge in [0, 0.05) is 13.0 Å². The molecule has 0 aromatic carbocycles. The van der Waals surface area contributed by atoms with Gasteiger partial charge in [-0.1, -0.05) is 0 Å². The average Bonchev–Trinajstić information content (AvgIpc) is 2.26. The number of rotatable bonds is 3. The highest BCUT2D eigenvalue weighted by Gasteiger charge is 2.13. The first kappa shape index (κ1) is 9.52. The molecule has 0 atom stereocenters. The van der Waals surface area contributed by atoms with Crippen molar-refractivity contribution in [2.24, 2.45) is 0 Å². The van der Waals surface area contributed by atoms with Crippen LogP contribution in [0.1, 0.15) is 30.1 Å². The molecule has 0 bridgehead atoms. The first-order valence-corrected chi connectivity index (χ1v) is 5.26. The summed E-state index contributed by atoms with van der Waals surface area (Å²) in [7, 11) is 1.94. The van der Waals surface area contributed by atoms with Crippen LogP contribution in [0.3, 0.4) is 0 Å². The molecule has 1 aromatic rings. The molecule has 4 heteroatoms. The van der Waals surface area contributed by atoms with Crippen molar-refractivity contribution in [3.05, 3.63) is 17.2 Å². The van der Waals surface area contributed by atoms with Gasteiger partial charge in [-0.05, 0) is 32.7 Å². The molecular formula is C10H16N4. The highest BCUT2D eigenvalue weighted by Crippen LogP contribution is 2.16. The Bertz CT molecular complexity index is 311. The van der Waals surface area contributed by atoms with E-state index in [4.69, 9.17) is 0 Å². The number of hydrogen-bond acceptors (Lipinski definition) is 4. The van der Waals surface area contributed by atoms with Crippen molar-refractivity contribution in [2.45, 2.75) is 32.1 Å². The summed E-state index contributed by atoms with van der Waals surface area (Å²) in [6.07, 6.45) is 5.49. The van der Waals surface area contributed by atoms with E-state index in [0.717, 1.165) is 37.3 Å². The minimum absolute atomic E-state index is 0.872.